The van der Waals surface area contributed by atoms with Crippen molar-refractivity contribution in [3.8, 4) is 0 Å². The third-order valence-electron chi connectivity index (χ3n) is 5.22. The maximum absolute atomic E-state index is 3.46. The van der Waals surface area contributed by atoms with E-state index in [1.54, 1.807) is 11.1 Å². The minimum absolute atomic E-state index is 0.733. The molecule has 0 saturated carbocycles. The lowest BCUT2D eigenvalue weighted by Gasteiger charge is -2.37. The lowest BCUT2D eigenvalue weighted by molar-refractivity contribution is 0.199. The van der Waals surface area contributed by atoms with Crippen molar-refractivity contribution in [1.29, 1.82) is 0 Å². The van der Waals surface area contributed by atoms with Crippen molar-refractivity contribution in [2.45, 2.75) is 39.2 Å². The average Bonchev–Trinajstić information content (AvgIpc) is 2.56. The van der Waals surface area contributed by atoms with Crippen molar-refractivity contribution in [2.75, 3.05) is 44.2 Å². The van der Waals surface area contributed by atoms with Crippen LogP contribution in [0.2, 0.25) is 0 Å². The molecule has 3 heteroatoms. The molecule has 0 radical (unpaired) electrons. The lowest BCUT2D eigenvalue weighted by Crippen LogP contribution is -2.45. The minimum atomic E-state index is 0.733. The van der Waals surface area contributed by atoms with E-state index >= 15 is 0 Å². The van der Waals surface area contributed by atoms with Gasteiger partial charge in [0, 0.05) is 37.9 Å². The molecule has 2 aliphatic rings. The van der Waals surface area contributed by atoms with E-state index in [2.05, 4.69) is 47.2 Å². The highest BCUT2D eigenvalue weighted by Crippen LogP contribution is 2.32. The molecule has 1 heterocycles. The highest BCUT2D eigenvalue weighted by molar-refractivity contribution is 5.58. The van der Waals surface area contributed by atoms with Crippen LogP contribution in [0.25, 0.3) is 0 Å². The van der Waals surface area contributed by atoms with Crippen LogP contribution in [0.1, 0.15) is 31.4 Å². The first-order valence-electron chi connectivity index (χ1n) is 8.64. The molecular weight excluding hydrogens is 258 g/mol. The molecule has 0 amide bonds. The number of benzene rings is 1. The van der Waals surface area contributed by atoms with E-state index in [9.17, 15) is 0 Å². The smallest absolute Gasteiger partial charge is 0.0403 e. The molecule has 0 unspecified atom stereocenters. The fraction of sp³-hybridized carbons (Fsp3) is 0.667. The molecule has 3 rings (SSSR count). The van der Waals surface area contributed by atoms with Gasteiger partial charge in [0.25, 0.3) is 0 Å². The molecule has 0 spiro atoms. The van der Waals surface area contributed by atoms with Gasteiger partial charge in [0.15, 0.2) is 0 Å². The Hall–Kier alpha value is -1.06. The van der Waals surface area contributed by atoms with Crippen LogP contribution in [0.5, 0.6) is 0 Å². The Morgan fingerprint density at radius 3 is 2.67 bits per heavy atom. The van der Waals surface area contributed by atoms with Gasteiger partial charge in [0.1, 0.15) is 0 Å². The summed E-state index contributed by atoms with van der Waals surface area (Å²) in [5.74, 6) is 0. The number of likely N-dealkylation sites (N-methyl/N-ethyl adjacent to an activating group) is 1. The fourth-order valence-corrected chi connectivity index (χ4v) is 4.00. The molecule has 1 saturated heterocycles. The van der Waals surface area contributed by atoms with Crippen LogP contribution in [0, 0.1) is 0 Å². The Labute approximate surface area is 129 Å². The number of fused-ring (bicyclic) bond motifs is 1. The Bertz CT molecular complexity index is 462. The molecule has 1 aromatic carbocycles. The number of anilines is 1. The highest BCUT2D eigenvalue weighted by atomic mass is 15.2. The average molecular weight is 287 g/mol. The number of hydrogen-bond acceptors (Lipinski definition) is 3. The molecule has 1 aliphatic heterocycles. The summed E-state index contributed by atoms with van der Waals surface area (Å²) in [5.41, 5.74) is 4.72. The second-order valence-electron chi connectivity index (χ2n) is 6.27. The number of nitrogens with zero attached hydrogens (tertiary/aromatic N) is 2. The quantitative estimate of drug-likeness (QED) is 0.917. The zero-order valence-electron chi connectivity index (χ0n) is 13.6. The molecule has 3 nitrogen and oxygen atoms in total. The summed E-state index contributed by atoms with van der Waals surface area (Å²) in [4.78, 5) is 5.22. The number of aryl methyl sites for hydroxylation is 1. The Balaban J connectivity index is 1.85. The lowest BCUT2D eigenvalue weighted by atomic mass is 9.86. The van der Waals surface area contributed by atoms with E-state index in [0.717, 1.165) is 32.2 Å². The maximum atomic E-state index is 3.46. The minimum Gasteiger partial charge on any atom is -0.369 e. The van der Waals surface area contributed by atoms with Gasteiger partial charge in [-0.3, -0.25) is 0 Å². The third kappa shape index (κ3) is 3.09. The second-order valence-corrected chi connectivity index (χ2v) is 6.27. The first kappa shape index (κ1) is 14.9. The van der Waals surface area contributed by atoms with Gasteiger partial charge in [-0.2, -0.15) is 0 Å². The van der Waals surface area contributed by atoms with Gasteiger partial charge in [0.05, 0.1) is 0 Å². The molecule has 1 aliphatic carbocycles. The largest absolute Gasteiger partial charge is 0.369 e. The molecule has 1 atom stereocenters. The SMILES string of the molecule is CCN(CC)[C@@H]1CCc2cccc(N3CCNCC3)c2C1. The summed E-state index contributed by atoms with van der Waals surface area (Å²) in [6.45, 7) is 11.5. The van der Waals surface area contributed by atoms with Crippen LogP contribution in [-0.2, 0) is 12.8 Å². The van der Waals surface area contributed by atoms with Gasteiger partial charge in [-0.25, -0.2) is 0 Å². The topological polar surface area (TPSA) is 18.5 Å². The molecule has 1 N–H and O–H groups in total. The van der Waals surface area contributed by atoms with E-state index < -0.39 is 0 Å². The van der Waals surface area contributed by atoms with Crippen LogP contribution >= 0.6 is 0 Å². The van der Waals surface area contributed by atoms with Crippen molar-refractivity contribution < 1.29 is 0 Å². The van der Waals surface area contributed by atoms with Crippen LogP contribution in [-0.4, -0.2) is 50.2 Å². The fourth-order valence-electron chi connectivity index (χ4n) is 4.00. The molecule has 21 heavy (non-hydrogen) atoms. The highest BCUT2D eigenvalue weighted by Gasteiger charge is 2.26. The van der Waals surface area contributed by atoms with Gasteiger partial charge in [0.2, 0.25) is 0 Å². The number of nitrogens with one attached hydrogen (secondary N) is 1. The normalized spacial score (nSPS) is 22.4. The van der Waals surface area contributed by atoms with E-state index in [0.29, 0.717) is 0 Å². The Morgan fingerprint density at radius 1 is 1.19 bits per heavy atom. The predicted molar refractivity (Wildman–Crippen MR) is 90.3 cm³/mol. The van der Waals surface area contributed by atoms with E-state index in [4.69, 9.17) is 0 Å². The summed E-state index contributed by atoms with van der Waals surface area (Å²) in [6, 6.07) is 7.68. The van der Waals surface area contributed by atoms with Gasteiger partial charge in [-0.05, 0) is 49.5 Å². The van der Waals surface area contributed by atoms with Crippen molar-refractivity contribution in [3.63, 3.8) is 0 Å². The van der Waals surface area contributed by atoms with E-state index in [1.165, 1.54) is 38.0 Å². The molecule has 116 valence electrons. The van der Waals surface area contributed by atoms with Crippen LogP contribution in [0.3, 0.4) is 0 Å². The zero-order valence-corrected chi connectivity index (χ0v) is 13.6. The van der Waals surface area contributed by atoms with Crippen molar-refractivity contribution in [1.82, 2.24) is 10.2 Å². The van der Waals surface area contributed by atoms with E-state index in [-0.39, 0.29) is 0 Å². The number of piperazine rings is 1. The standard InChI is InChI=1S/C18H29N3/c1-3-20(4-2)16-9-8-15-6-5-7-18(17(15)14-16)21-12-10-19-11-13-21/h5-7,16,19H,3-4,8-14H2,1-2H3/t16-/m1/s1. The molecule has 0 aromatic heterocycles. The Kier molecular flexibility index (Phi) is 4.81. The van der Waals surface area contributed by atoms with Gasteiger partial charge in [-0.1, -0.05) is 26.0 Å². The number of hydrogen-bond donors (Lipinski definition) is 1. The van der Waals surface area contributed by atoms with Crippen molar-refractivity contribution in [3.05, 3.63) is 29.3 Å². The van der Waals surface area contributed by atoms with E-state index in [1.807, 2.05) is 0 Å². The first-order chi connectivity index (χ1) is 10.3. The molecule has 1 fully saturated rings. The monoisotopic (exact) mass is 287 g/mol. The zero-order chi connectivity index (χ0) is 14.7. The van der Waals surface area contributed by atoms with Crippen molar-refractivity contribution in [2.24, 2.45) is 0 Å². The van der Waals surface area contributed by atoms with Gasteiger partial charge >= 0.3 is 0 Å². The summed E-state index contributed by atoms with van der Waals surface area (Å²) in [5, 5.41) is 3.46. The number of rotatable bonds is 4. The van der Waals surface area contributed by atoms with Crippen LogP contribution in [0.4, 0.5) is 5.69 Å². The summed E-state index contributed by atoms with van der Waals surface area (Å²) < 4.78 is 0. The Morgan fingerprint density at radius 2 is 1.95 bits per heavy atom. The van der Waals surface area contributed by atoms with Crippen molar-refractivity contribution >= 4 is 5.69 Å². The van der Waals surface area contributed by atoms with Crippen LogP contribution < -0.4 is 10.2 Å². The third-order valence-corrected chi connectivity index (χ3v) is 5.22. The predicted octanol–water partition coefficient (Wildman–Crippen LogP) is 2.30. The van der Waals surface area contributed by atoms with Gasteiger partial charge in [-0.15, -0.1) is 0 Å². The summed E-state index contributed by atoms with van der Waals surface area (Å²) >= 11 is 0. The molecule has 0 bridgehead atoms. The summed E-state index contributed by atoms with van der Waals surface area (Å²) in [7, 11) is 0. The molecule has 1 aromatic rings. The maximum Gasteiger partial charge on any atom is 0.0403 e. The first-order valence-corrected chi connectivity index (χ1v) is 8.64. The molecular formula is C18H29N3. The summed E-state index contributed by atoms with van der Waals surface area (Å²) in [6.07, 6.45) is 3.80. The second kappa shape index (κ2) is 6.80. The van der Waals surface area contributed by atoms with Crippen LogP contribution in [0.15, 0.2) is 18.2 Å². The van der Waals surface area contributed by atoms with Gasteiger partial charge < -0.3 is 15.1 Å².